The van der Waals surface area contributed by atoms with Gasteiger partial charge in [0.1, 0.15) is 6.07 Å². The summed E-state index contributed by atoms with van der Waals surface area (Å²) in [4.78, 5) is 13.0. The van der Waals surface area contributed by atoms with E-state index in [1.807, 2.05) is 12.1 Å². The van der Waals surface area contributed by atoms with Crippen molar-refractivity contribution in [3.8, 4) is 6.07 Å². The number of allylic oxidation sites excluding steroid dienone is 3. The molecule has 4 heteroatoms. The normalized spacial score (nSPS) is 13.0. The van der Waals surface area contributed by atoms with Crippen LogP contribution >= 0.6 is 0 Å². The van der Waals surface area contributed by atoms with Gasteiger partial charge in [-0.25, -0.2) is 0 Å². The number of hydrogen-bond acceptors (Lipinski definition) is 4. The van der Waals surface area contributed by atoms with Crippen LogP contribution in [0.25, 0.3) is 6.08 Å². The molecule has 0 radical (unpaired) electrons. The maximum atomic E-state index is 10.5. The third-order valence-corrected chi connectivity index (χ3v) is 8.40. The first-order valence-corrected chi connectivity index (χ1v) is 16.6. The van der Waals surface area contributed by atoms with Gasteiger partial charge in [0.15, 0.2) is 0 Å². The van der Waals surface area contributed by atoms with Gasteiger partial charge >= 0.3 is 0 Å². The van der Waals surface area contributed by atoms with E-state index in [-0.39, 0.29) is 12.2 Å². The van der Waals surface area contributed by atoms with E-state index in [0.29, 0.717) is 0 Å². The van der Waals surface area contributed by atoms with Crippen molar-refractivity contribution in [1.82, 2.24) is 0 Å². The molecule has 3 rings (SSSR count). The molecule has 4 nitrogen and oxygen atoms in total. The zero-order valence-electron chi connectivity index (χ0n) is 26.0. The van der Waals surface area contributed by atoms with E-state index in [1.54, 1.807) is 6.08 Å². The Balaban J connectivity index is 1.42. The van der Waals surface area contributed by atoms with Crippen molar-refractivity contribution in [2.75, 3.05) is 11.4 Å². The summed E-state index contributed by atoms with van der Waals surface area (Å²) in [5.41, 5.74) is 6.47. The summed E-state index contributed by atoms with van der Waals surface area (Å²) in [6.45, 7) is 3.60. The van der Waals surface area contributed by atoms with Crippen molar-refractivity contribution in [1.29, 1.82) is 5.26 Å². The second kappa shape index (κ2) is 20.5. The van der Waals surface area contributed by atoms with Gasteiger partial charge in [-0.15, -0.1) is 0 Å². The van der Waals surface area contributed by atoms with Crippen LogP contribution < -0.4 is 4.90 Å². The molecule has 2 aromatic rings. The highest BCUT2D eigenvalue weighted by Gasteiger charge is 2.20. The maximum absolute atomic E-state index is 10.5. The molecule has 0 saturated carbocycles. The highest BCUT2D eigenvalue weighted by atomic mass is 16.5. The summed E-state index contributed by atoms with van der Waals surface area (Å²) in [5.74, 6) is -0.0172. The van der Waals surface area contributed by atoms with Crippen LogP contribution in [-0.4, -0.2) is 13.0 Å². The van der Waals surface area contributed by atoms with Crippen molar-refractivity contribution in [3.05, 3.63) is 77.1 Å². The molecule has 0 aromatic heterocycles. The molecule has 1 aliphatic heterocycles. The fourth-order valence-electron chi connectivity index (χ4n) is 6.02. The van der Waals surface area contributed by atoms with E-state index in [9.17, 15) is 4.79 Å². The Hall–Kier alpha value is -3.32. The summed E-state index contributed by atoms with van der Waals surface area (Å²) < 4.78 is 4.65. The van der Waals surface area contributed by atoms with Gasteiger partial charge in [-0.1, -0.05) is 140 Å². The lowest BCUT2D eigenvalue weighted by Gasteiger charge is -2.27. The van der Waals surface area contributed by atoms with E-state index < -0.39 is 0 Å². The Morgan fingerprint density at radius 2 is 1.36 bits per heavy atom. The zero-order valence-corrected chi connectivity index (χ0v) is 26.0. The number of para-hydroxylation sites is 1. The topological polar surface area (TPSA) is 53.3 Å². The molecule has 0 atom stereocenters. The number of carbonyl (C=O) groups excluding carboxylic acids is 1. The lowest BCUT2D eigenvalue weighted by molar-refractivity contribution is -0.124. The average Bonchev–Trinajstić information content (AvgIpc) is 3.17. The second-order valence-corrected chi connectivity index (χ2v) is 11.7. The first-order chi connectivity index (χ1) is 20.8. The molecular formula is C38H52N2O2. The number of fused-ring (bicyclic) bond motifs is 2. The number of anilines is 2. The summed E-state index contributed by atoms with van der Waals surface area (Å²) in [5, 5.41) is 9.03. The molecule has 2 aromatic carbocycles. The van der Waals surface area contributed by atoms with Crippen LogP contribution in [0.4, 0.5) is 11.4 Å². The number of aryl methyl sites for hydroxylation is 2. The predicted octanol–water partition coefficient (Wildman–Crippen LogP) is 10.8. The molecular weight excluding hydrogens is 516 g/mol. The number of nitriles is 1. The van der Waals surface area contributed by atoms with E-state index in [1.165, 1.54) is 131 Å². The van der Waals surface area contributed by atoms with Gasteiger partial charge in [-0.05, 0) is 60.2 Å². The maximum Gasteiger partial charge on any atom is 0.299 e. The van der Waals surface area contributed by atoms with Gasteiger partial charge in [0.05, 0.1) is 0 Å². The molecule has 1 heterocycles. The SMILES string of the molecule is CCCCCCCCCCCCCCCCCCN1c2ccccc2CCc2cc(/C=C/C=C(/C#N)OC=O)ccc21. The minimum Gasteiger partial charge on any atom is -0.417 e. The van der Waals surface area contributed by atoms with Crippen molar-refractivity contribution in [3.63, 3.8) is 0 Å². The molecule has 226 valence electrons. The lowest BCUT2D eigenvalue weighted by atomic mass is 10.0. The molecule has 1 aliphatic rings. The van der Waals surface area contributed by atoms with Crippen molar-refractivity contribution < 1.29 is 9.53 Å². The predicted molar refractivity (Wildman–Crippen MR) is 177 cm³/mol. The van der Waals surface area contributed by atoms with E-state index >= 15 is 0 Å². The molecule has 0 bridgehead atoms. The molecule has 0 N–H and O–H groups in total. The highest BCUT2D eigenvalue weighted by Crippen LogP contribution is 2.37. The Bertz CT molecular complexity index is 1160. The number of carbonyl (C=O) groups is 1. The molecule has 0 aliphatic carbocycles. The Kier molecular flexibility index (Phi) is 16.2. The molecule has 0 spiro atoms. The van der Waals surface area contributed by atoms with E-state index in [4.69, 9.17) is 5.26 Å². The Morgan fingerprint density at radius 1 is 0.786 bits per heavy atom. The number of ether oxygens (including phenoxy) is 1. The molecule has 0 fully saturated rings. The number of unbranched alkanes of at least 4 members (excludes halogenated alkanes) is 15. The number of benzene rings is 2. The van der Waals surface area contributed by atoms with Crippen molar-refractivity contribution in [2.45, 2.75) is 122 Å². The molecule has 0 saturated heterocycles. The van der Waals surface area contributed by atoms with Crippen LogP contribution in [0.3, 0.4) is 0 Å². The van der Waals surface area contributed by atoms with Crippen LogP contribution in [0.2, 0.25) is 0 Å². The fourth-order valence-corrected chi connectivity index (χ4v) is 6.02. The van der Waals surface area contributed by atoms with Gasteiger partial charge in [0.25, 0.3) is 6.47 Å². The number of rotatable bonds is 21. The summed E-state index contributed by atoms with van der Waals surface area (Å²) in [7, 11) is 0. The van der Waals surface area contributed by atoms with Gasteiger partial charge in [0, 0.05) is 17.9 Å². The van der Waals surface area contributed by atoms with E-state index in [2.05, 4.69) is 59.0 Å². The first kappa shape index (κ1) is 33.2. The number of nitrogens with zero attached hydrogens (tertiary/aromatic N) is 2. The van der Waals surface area contributed by atoms with Crippen LogP contribution in [0.15, 0.2) is 60.4 Å². The second-order valence-electron chi connectivity index (χ2n) is 11.7. The van der Waals surface area contributed by atoms with Crippen LogP contribution in [0.1, 0.15) is 126 Å². The van der Waals surface area contributed by atoms with Gasteiger partial charge in [-0.3, -0.25) is 4.79 Å². The van der Waals surface area contributed by atoms with Crippen molar-refractivity contribution in [2.24, 2.45) is 0 Å². The third-order valence-electron chi connectivity index (χ3n) is 8.40. The van der Waals surface area contributed by atoms with Gasteiger partial charge in [0.2, 0.25) is 5.76 Å². The number of hydrogen-bond donors (Lipinski definition) is 0. The standard InChI is InChI=1S/C38H52N2O2/c1-2-3-4-5-6-7-8-9-10-11-12-13-14-15-16-19-29-40-37-24-18-17-22-34(37)26-27-35-30-33(25-28-38(35)40)21-20-23-36(31-39)42-32-41/h17-18,20-25,28,30,32H,2-16,19,26-27,29H2,1H3/b21-20+,36-23-. The quantitative estimate of drug-likeness (QED) is 0.0494. The highest BCUT2D eigenvalue weighted by molar-refractivity contribution is 5.73. The Labute approximate surface area is 255 Å². The summed E-state index contributed by atoms with van der Waals surface area (Å²) in [6.07, 6.45) is 29.4. The largest absolute Gasteiger partial charge is 0.417 e. The van der Waals surface area contributed by atoms with Gasteiger partial charge in [-0.2, -0.15) is 5.26 Å². The zero-order chi connectivity index (χ0) is 29.7. The smallest absolute Gasteiger partial charge is 0.299 e. The van der Waals surface area contributed by atoms with Gasteiger partial charge < -0.3 is 9.64 Å². The summed E-state index contributed by atoms with van der Waals surface area (Å²) >= 11 is 0. The monoisotopic (exact) mass is 568 g/mol. The average molecular weight is 569 g/mol. The third kappa shape index (κ3) is 11.9. The first-order valence-electron chi connectivity index (χ1n) is 16.6. The molecule has 42 heavy (non-hydrogen) atoms. The van der Waals surface area contributed by atoms with Crippen molar-refractivity contribution >= 4 is 23.9 Å². The fraction of sp³-hybridized carbons (Fsp3) is 0.526. The lowest BCUT2D eigenvalue weighted by Crippen LogP contribution is -2.19. The van der Waals surface area contributed by atoms with Crippen LogP contribution in [0, 0.1) is 11.3 Å². The molecule has 0 amide bonds. The van der Waals surface area contributed by atoms with Crippen LogP contribution in [-0.2, 0) is 22.4 Å². The molecule has 0 unspecified atom stereocenters. The minimum absolute atomic E-state index is 0.0172. The van der Waals surface area contributed by atoms with Crippen LogP contribution in [0.5, 0.6) is 0 Å². The summed E-state index contributed by atoms with van der Waals surface area (Å²) in [6, 6.07) is 17.3. The Morgan fingerprint density at radius 3 is 1.98 bits per heavy atom. The van der Waals surface area contributed by atoms with E-state index in [0.717, 1.165) is 24.9 Å². The minimum atomic E-state index is -0.0172.